The first-order valence-corrected chi connectivity index (χ1v) is 6.32. The van der Waals surface area contributed by atoms with Gasteiger partial charge in [0, 0.05) is 13.1 Å². The molecule has 1 fully saturated rings. The maximum absolute atomic E-state index is 11.8. The Morgan fingerprint density at radius 2 is 2.16 bits per heavy atom. The molecule has 1 aromatic carbocycles. The third-order valence-corrected chi connectivity index (χ3v) is 3.25. The predicted molar refractivity (Wildman–Crippen MR) is 70.2 cm³/mol. The van der Waals surface area contributed by atoms with Crippen LogP contribution in [0.3, 0.4) is 0 Å². The fraction of sp³-hybridized carbons (Fsp3) is 0.500. The number of ether oxygens (including phenoxy) is 2. The number of carbonyl (C=O) groups is 1. The normalized spacial score (nSPS) is 14.1. The maximum atomic E-state index is 11.8. The molecule has 1 aliphatic rings. The second kappa shape index (κ2) is 5.93. The predicted octanol–water partition coefficient (Wildman–Crippen LogP) is 1.19. The summed E-state index contributed by atoms with van der Waals surface area (Å²) in [7, 11) is 3.33. The molecule has 0 saturated heterocycles. The first-order valence-electron chi connectivity index (χ1n) is 6.32. The molecule has 5 nitrogen and oxygen atoms in total. The highest BCUT2D eigenvalue weighted by Crippen LogP contribution is 2.29. The molecule has 0 aromatic heterocycles. The average Bonchev–Trinajstić information content (AvgIpc) is 3.28. The lowest BCUT2D eigenvalue weighted by Gasteiger charge is -2.17. The van der Waals surface area contributed by atoms with Crippen LogP contribution in [0.1, 0.15) is 18.4 Å². The van der Waals surface area contributed by atoms with Gasteiger partial charge in [-0.15, -0.1) is 0 Å². The van der Waals surface area contributed by atoms with E-state index in [1.165, 1.54) is 7.11 Å². The van der Waals surface area contributed by atoms with Gasteiger partial charge in [-0.05, 0) is 30.5 Å². The van der Waals surface area contributed by atoms with Gasteiger partial charge < -0.3 is 19.5 Å². The van der Waals surface area contributed by atoms with Gasteiger partial charge >= 0.3 is 0 Å². The topological polar surface area (TPSA) is 59.0 Å². The largest absolute Gasteiger partial charge is 0.493 e. The van der Waals surface area contributed by atoms with Crippen molar-refractivity contribution in [2.24, 2.45) is 0 Å². The van der Waals surface area contributed by atoms with Crippen LogP contribution in [0, 0.1) is 0 Å². The second-order valence-corrected chi connectivity index (χ2v) is 4.67. The summed E-state index contributed by atoms with van der Waals surface area (Å²) in [5, 5.41) is 9.05. The van der Waals surface area contributed by atoms with Crippen molar-refractivity contribution in [2.75, 3.05) is 20.8 Å². The van der Waals surface area contributed by atoms with Gasteiger partial charge in [0.1, 0.15) is 0 Å². The number of nitrogens with zero attached hydrogens (tertiary/aromatic N) is 1. The minimum absolute atomic E-state index is 0.00182. The van der Waals surface area contributed by atoms with Gasteiger partial charge in [0.2, 0.25) is 0 Å². The quantitative estimate of drug-likeness (QED) is 0.839. The van der Waals surface area contributed by atoms with Gasteiger partial charge in [-0.2, -0.15) is 0 Å². The molecule has 19 heavy (non-hydrogen) atoms. The Labute approximate surface area is 112 Å². The molecular formula is C14H19NO4. The SMILES string of the molecule is COc1cc(CO)ccc1OCC(=O)N(C)C1CC1. The number of amides is 1. The summed E-state index contributed by atoms with van der Waals surface area (Å²) in [6.45, 7) is -0.0537. The van der Waals surface area contributed by atoms with E-state index < -0.39 is 0 Å². The number of hydrogen-bond acceptors (Lipinski definition) is 4. The molecule has 5 heteroatoms. The van der Waals surface area contributed by atoms with Crippen LogP contribution in [0.5, 0.6) is 11.5 Å². The highest BCUT2D eigenvalue weighted by molar-refractivity contribution is 5.78. The Hall–Kier alpha value is -1.75. The van der Waals surface area contributed by atoms with E-state index >= 15 is 0 Å². The molecule has 1 aromatic rings. The number of aliphatic hydroxyl groups excluding tert-OH is 1. The van der Waals surface area contributed by atoms with Crippen LogP contribution in [-0.4, -0.2) is 42.7 Å². The standard InChI is InChI=1S/C14H19NO4/c1-15(11-4-5-11)14(17)9-19-12-6-3-10(8-16)7-13(12)18-2/h3,6-7,11,16H,4-5,8-9H2,1-2H3. The second-order valence-electron chi connectivity index (χ2n) is 4.67. The summed E-state index contributed by atoms with van der Waals surface area (Å²) in [6, 6.07) is 5.53. The average molecular weight is 265 g/mol. The summed E-state index contributed by atoms with van der Waals surface area (Å²) in [6.07, 6.45) is 2.16. The molecule has 104 valence electrons. The van der Waals surface area contributed by atoms with Crippen molar-refractivity contribution in [1.29, 1.82) is 0 Å². The molecule has 1 aliphatic carbocycles. The van der Waals surface area contributed by atoms with Crippen molar-refractivity contribution in [3.05, 3.63) is 23.8 Å². The van der Waals surface area contributed by atoms with Crippen molar-refractivity contribution < 1.29 is 19.4 Å². The van der Waals surface area contributed by atoms with Gasteiger partial charge in [0.05, 0.1) is 13.7 Å². The zero-order valence-corrected chi connectivity index (χ0v) is 11.3. The van der Waals surface area contributed by atoms with Gasteiger partial charge in [-0.3, -0.25) is 4.79 Å². The van der Waals surface area contributed by atoms with E-state index in [1.54, 1.807) is 30.1 Å². The summed E-state index contributed by atoms with van der Waals surface area (Å²) >= 11 is 0. The molecular weight excluding hydrogens is 246 g/mol. The molecule has 0 spiro atoms. The first-order chi connectivity index (χ1) is 9.15. The minimum Gasteiger partial charge on any atom is -0.493 e. The number of carbonyl (C=O) groups excluding carboxylic acids is 1. The molecule has 0 aliphatic heterocycles. The lowest BCUT2D eigenvalue weighted by atomic mass is 10.2. The third-order valence-electron chi connectivity index (χ3n) is 3.25. The number of aliphatic hydroxyl groups is 1. The summed E-state index contributed by atoms with van der Waals surface area (Å²) in [5.74, 6) is 1.00. The number of methoxy groups -OCH3 is 1. The fourth-order valence-electron chi connectivity index (χ4n) is 1.84. The van der Waals surface area contributed by atoms with Gasteiger partial charge in [-0.1, -0.05) is 6.07 Å². The van der Waals surface area contributed by atoms with Crippen LogP contribution in [0.25, 0.3) is 0 Å². The van der Waals surface area contributed by atoms with Gasteiger partial charge in [0.15, 0.2) is 18.1 Å². The lowest BCUT2D eigenvalue weighted by Crippen LogP contribution is -2.33. The van der Waals surface area contributed by atoms with Crippen molar-refractivity contribution in [1.82, 2.24) is 4.90 Å². The Morgan fingerprint density at radius 3 is 2.74 bits per heavy atom. The zero-order valence-electron chi connectivity index (χ0n) is 11.3. The van der Waals surface area contributed by atoms with E-state index in [1.807, 2.05) is 0 Å². The third kappa shape index (κ3) is 3.38. The molecule has 0 unspecified atom stereocenters. The van der Waals surface area contributed by atoms with Crippen molar-refractivity contribution in [2.45, 2.75) is 25.5 Å². The van der Waals surface area contributed by atoms with Crippen molar-refractivity contribution >= 4 is 5.91 Å². The van der Waals surface area contributed by atoms with E-state index in [0.29, 0.717) is 17.5 Å². The van der Waals surface area contributed by atoms with E-state index in [2.05, 4.69) is 0 Å². The molecule has 0 heterocycles. The number of hydrogen-bond donors (Lipinski definition) is 1. The molecule has 0 atom stereocenters. The van der Waals surface area contributed by atoms with E-state index in [0.717, 1.165) is 18.4 Å². The summed E-state index contributed by atoms with van der Waals surface area (Å²) < 4.78 is 10.7. The van der Waals surface area contributed by atoms with Crippen LogP contribution < -0.4 is 9.47 Å². The summed E-state index contributed by atoms with van der Waals surface area (Å²) in [5.41, 5.74) is 0.741. The van der Waals surface area contributed by atoms with E-state index in [4.69, 9.17) is 14.6 Å². The zero-order chi connectivity index (χ0) is 13.8. The monoisotopic (exact) mass is 265 g/mol. The van der Waals surface area contributed by atoms with Crippen LogP contribution in [0.2, 0.25) is 0 Å². The fourth-order valence-corrected chi connectivity index (χ4v) is 1.84. The maximum Gasteiger partial charge on any atom is 0.260 e. The molecule has 1 N–H and O–H groups in total. The molecule has 2 rings (SSSR count). The van der Waals surface area contributed by atoms with Crippen LogP contribution >= 0.6 is 0 Å². The molecule has 1 amide bonds. The Kier molecular flexibility index (Phi) is 4.27. The number of likely N-dealkylation sites (N-methyl/N-ethyl adjacent to an activating group) is 1. The molecule has 0 bridgehead atoms. The lowest BCUT2D eigenvalue weighted by molar-refractivity contribution is -0.132. The van der Waals surface area contributed by atoms with Crippen molar-refractivity contribution in [3.8, 4) is 11.5 Å². The van der Waals surface area contributed by atoms with Crippen LogP contribution in [0.15, 0.2) is 18.2 Å². The summed E-state index contributed by atoms with van der Waals surface area (Å²) in [4.78, 5) is 13.6. The first kappa shape index (κ1) is 13.7. The highest BCUT2D eigenvalue weighted by Gasteiger charge is 2.29. The number of benzene rings is 1. The minimum atomic E-state index is -0.0556. The van der Waals surface area contributed by atoms with E-state index in [9.17, 15) is 4.79 Å². The molecule has 0 radical (unpaired) electrons. The Balaban J connectivity index is 1.96. The van der Waals surface area contributed by atoms with Gasteiger partial charge in [-0.25, -0.2) is 0 Å². The van der Waals surface area contributed by atoms with E-state index in [-0.39, 0.29) is 19.1 Å². The van der Waals surface area contributed by atoms with Crippen LogP contribution in [0.4, 0.5) is 0 Å². The number of rotatable bonds is 6. The van der Waals surface area contributed by atoms with Crippen LogP contribution in [-0.2, 0) is 11.4 Å². The Bertz CT molecular complexity index is 457. The Morgan fingerprint density at radius 1 is 1.42 bits per heavy atom. The van der Waals surface area contributed by atoms with Crippen molar-refractivity contribution in [3.63, 3.8) is 0 Å². The highest BCUT2D eigenvalue weighted by atomic mass is 16.5. The smallest absolute Gasteiger partial charge is 0.260 e. The van der Waals surface area contributed by atoms with Gasteiger partial charge in [0.25, 0.3) is 5.91 Å². The molecule has 1 saturated carbocycles.